The molecule has 0 unspecified atom stereocenters. The smallest absolute Gasteiger partial charge is 0.380 e. The third-order valence-electron chi connectivity index (χ3n) is 0.558. The molecule has 0 amide bonds. The van der Waals surface area contributed by atoms with Gasteiger partial charge in [-0.2, -0.15) is 0 Å². The molecule has 0 rings (SSSR count). The van der Waals surface area contributed by atoms with Crippen molar-refractivity contribution < 1.29 is 24.8 Å². The molecule has 5 heteroatoms. The van der Waals surface area contributed by atoms with Gasteiger partial charge in [0.1, 0.15) is 0 Å². The Morgan fingerprint density at radius 3 is 2.00 bits per heavy atom. The molecule has 0 saturated carbocycles. The summed E-state index contributed by atoms with van der Waals surface area (Å²) >= 11 is 0. The Bertz CT molecular complexity index is 158. The highest BCUT2D eigenvalue weighted by atomic mass is 17.1. The molecule has 0 aromatic rings. The quantitative estimate of drug-likeness (QED) is 0.180. The van der Waals surface area contributed by atoms with E-state index in [2.05, 4.69) is 11.5 Å². The van der Waals surface area contributed by atoms with Gasteiger partial charge in [-0.3, -0.25) is 4.79 Å². The van der Waals surface area contributed by atoms with E-state index in [1.807, 2.05) is 0 Å². The van der Waals surface area contributed by atoms with Gasteiger partial charge in [0.2, 0.25) is 5.76 Å². The second-order valence-corrected chi connectivity index (χ2v) is 1.15. The lowest BCUT2D eigenvalue weighted by Gasteiger charge is -1.92. The van der Waals surface area contributed by atoms with Crippen molar-refractivity contribution in [2.75, 3.05) is 0 Å². The van der Waals surface area contributed by atoms with Gasteiger partial charge < -0.3 is 9.99 Å². The lowest BCUT2D eigenvalue weighted by atomic mass is 10.4. The molecule has 5 nitrogen and oxygen atoms in total. The van der Waals surface area contributed by atoms with Gasteiger partial charge in [-0.05, 0) is 6.58 Å². The Morgan fingerprint density at radius 2 is 1.89 bits per heavy atom. The molecule has 0 radical (unpaired) electrons. The van der Waals surface area contributed by atoms with Crippen LogP contribution in [0.5, 0.6) is 0 Å². The van der Waals surface area contributed by atoms with Crippen LogP contribution in [0.15, 0.2) is 12.3 Å². The van der Waals surface area contributed by atoms with Gasteiger partial charge in [0.05, 0.1) is 0 Å². The summed E-state index contributed by atoms with van der Waals surface area (Å²) in [6.45, 7) is 2.79. The van der Waals surface area contributed by atoms with Gasteiger partial charge in [-0.1, -0.05) is 0 Å². The molecule has 0 saturated heterocycles. The van der Waals surface area contributed by atoms with E-state index in [1.165, 1.54) is 0 Å². The van der Waals surface area contributed by atoms with Gasteiger partial charge in [-0.15, -0.1) is 0 Å². The molecule has 0 atom stereocenters. The minimum atomic E-state index is -1.71. The van der Waals surface area contributed by atoms with Crippen LogP contribution >= 0.6 is 0 Å². The number of carboxylic acid groups (broad SMARTS) is 1. The maximum atomic E-state index is 10.1. The van der Waals surface area contributed by atoms with Crippen LogP contribution in [-0.2, 0) is 14.5 Å². The van der Waals surface area contributed by atoms with E-state index >= 15 is 0 Å². The largest absolute Gasteiger partial charge is 0.475 e. The first-order valence-corrected chi connectivity index (χ1v) is 1.87. The number of carbonyl (C=O) groups is 2. The van der Waals surface area contributed by atoms with Gasteiger partial charge in [0.15, 0.2) is 0 Å². The van der Waals surface area contributed by atoms with Crippen molar-refractivity contribution in [3.63, 3.8) is 0 Å². The van der Waals surface area contributed by atoms with Crippen LogP contribution in [0.25, 0.3) is 0 Å². The van der Waals surface area contributed by atoms with Crippen molar-refractivity contribution in [2.24, 2.45) is 0 Å². The maximum absolute atomic E-state index is 10.1. The third-order valence-corrected chi connectivity index (χ3v) is 0.558. The third kappa shape index (κ3) is 1.92. The van der Waals surface area contributed by atoms with E-state index in [1.54, 1.807) is 0 Å². The molecule has 0 bridgehead atoms. The fourth-order valence-electron chi connectivity index (χ4n) is 0.161. The van der Waals surface area contributed by atoms with Crippen molar-refractivity contribution >= 4 is 11.8 Å². The number of hydrogen-bond donors (Lipinski definition) is 2. The fraction of sp³-hybridized carbons (Fsp3) is 0. The Hall–Kier alpha value is -1.36. The summed E-state index contributed by atoms with van der Waals surface area (Å²) in [6, 6.07) is 0. The van der Waals surface area contributed by atoms with Gasteiger partial charge in [0, 0.05) is 0 Å². The zero-order valence-corrected chi connectivity index (χ0v) is 4.33. The summed E-state index contributed by atoms with van der Waals surface area (Å²) < 4.78 is 0. The van der Waals surface area contributed by atoms with Crippen molar-refractivity contribution in [3.8, 4) is 0 Å². The number of carbonyl (C=O) groups excluding carboxylic acids is 1. The van der Waals surface area contributed by atoms with Gasteiger partial charge in [0.25, 0.3) is 0 Å². The maximum Gasteiger partial charge on any atom is 0.380 e. The number of hydrogen-bond acceptors (Lipinski definition) is 4. The molecule has 0 aliphatic heterocycles. The summed E-state index contributed by atoms with van der Waals surface area (Å²) in [4.78, 5) is 23.0. The Kier molecular flexibility index (Phi) is 2.40. The van der Waals surface area contributed by atoms with E-state index in [0.29, 0.717) is 0 Å². The Balaban J connectivity index is 4.05. The molecule has 50 valence electrons. The average Bonchev–Trinajstić information content (AvgIpc) is 1.84. The number of ketones is 1. The van der Waals surface area contributed by atoms with E-state index in [4.69, 9.17) is 10.4 Å². The lowest BCUT2D eigenvalue weighted by Crippen LogP contribution is -2.15. The summed E-state index contributed by atoms with van der Waals surface area (Å²) in [5, 5.41) is 15.6. The molecule has 2 N–H and O–H groups in total. The first kappa shape index (κ1) is 7.64. The van der Waals surface area contributed by atoms with Crippen molar-refractivity contribution in [1.82, 2.24) is 0 Å². The minimum Gasteiger partial charge on any atom is -0.475 e. The molecule has 9 heavy (non-hydrogen) atoms. The topological polar surface area (TPSA) is 83.8 Å². The van der Waals surface area contributed by atoms with Crippen molar-refractivity contribution in [3.05, 3.63) is 12.3 Å². The standard InChI is InChI=1S/C4H4O5/c1-2(9-8)3(5)4(6)7/h8H,1H2,(H,6,7). The molecule has 0 fully saturated rings. The molecular formula is C4H4O5. The predicted molar refractivity (Wildman–Crippen MR) is 25.5 cm³/mol. The van der Waals surface area contributed by atoms with Crippen LogP contribution in [0.1, 0.15) is 0 Å². The van der Waals surface area contributed by atoms with Crippen LogP contribution in [0.2, 0.25) is 0 Å². The van der Waals surface area contributed by atoms with Crippen LogP contribution in [0.4, 0.5) is 0 Å². The molecule has 0 aliphatic rings. The monoisotopic (exact) mass is 132 g/mol. The van der Waals surface area contributed by atoms with Crippen LogP contribution in [-0.4, -0.2) is 22.1 Å². The molecule has 0 aromatic heterocycles. The number of carboxylic acids is 1. The minimum absolute atomic E-state index is 0.803. The Morgan fingerprint density at radius 1 is 1.44 bits per heavy atom. The molecule has 0 aromatic carbocycles. The Labute approximate surface area is 50.1 Å². The lowest BCUT2D eigenvalue weighted by molar-refractivity contribution is -0.205. The number of Topliss-reactive ketones (excluding diaryl/α,β-unsaturated/α-hetero) is 1. The zero-order chi connectivity index (χ0) is 7.44. The molecular weight excluding hydrogens is 128 g/mol. The highest BCUT2D eigenvalue weighted by molar-refractivity contribution is 6.38. The molecule has 0 aliphatic carbocycles. The van der Waals surface area contributed by atoms with Crippen molar-refractivity contribution in [1.29, 1.82) is 0 Å². The zero-order valence-electron chi connectivity index (χ0n) is 4.33. The first-order valence-electron chi connectivity index (χ1n) is 1.87. The summed E-state index contributed by atoms with van der Waals surface area (Å²) in [5.41, 5.74) is 0. The van der Waals surface area contributed by atoms with Crippen LogP contribution in [0.3, 0.4) is 0 Å². The van der Waals surface area contributed by atoms with E-state index in [0.717, 1.165) is 0 Å². The van der Waals surface area contributed by atoms with Crippen molar-refractivity contribution in [2.45, 2.75) is 0 Å². The van der Waals surface area contributed by atoms with Gasteiger partial charge >= 0.3 is 11.8 Å². The normalized spacial score (nSPS) is 8.11. The van der Waals surface area contributed by atoms with E-state index < -0.39 is 17.5 Å². The number of aliphatic carboxylic acids is 1. The summed E-state index contributed by atoms with van der Waals surface area (Å²) in [5.74, 6) is -3.88. The second kappa shape index (κ2) is 2.83. The predicted octanol–water partition coefficient (Wildman–Crippen LogP) is -0.357. The first-order chi connectivity index (χ1) is 4.09. The molecule has 0 heterocycles. The second-order valence-electron chi connectivity index (χ2n) is 1.15. The van der Waals surface area contributed by atoms with E-state index in [9.17, 15) is 9.59 Å². The summed E-state index contributed by atoms with van der Waals surface area (Å²) in [7, 11) is 0. The van der Waals surface area contributed by atoms with Gasteiger partial charge in [-0.25, -0.2) is 10.1 Å². The van der Waals surface area contributed by atoms with E-state index in [-0.39, 0.29) is 0 Å². The average molecular weight is 132 g/mol. The van der Waals surface area contributed by atoms with Crippen LogP contribution in [0, 0.1) is 0 Å². The summed E-state index contributed by atoms with van der Waals surface area (Å²) in [6.07, 6.45) is 0. The highest BCUT2D eigenvalue weighted by Gasteiger charge is 2.16. The molecule has 0 spiro atoms. The van der Waals surface area contributed by atoms with Crippen LogP contribution < -0.4 is 0 Å². The number of rotatable bonds is 3. The highest BCUT2D eigenvalue weighted by Crippen LogP contribution is 1.90. The SMILES string of the molecule is C=C(OO)C(=O)C(=O)O. The fourth-order valence-corrected chi connectivity index (χ4v) is 0.161.